The van der Waals surface area contributed by atoms with Crippen LogP contribution in [0.3, 0.4) is 0 Å². The Morgan fingerprint density at radius 1 is 1.67 bits per heavy atom. The van der Waals surface area contributed by atoms with Crippen molar-refractivity contribution in [2.45, 2.75) is 12.5 Å². The molecule has 0 radical (unpaired) electrons. The summed E-state index contributed by atoms with van der Waals surface area (Å²) >= 11 is 0. The molecule has 1 atom stereocenters. The highest BCUT2D eigenvalue weighted by atomic mass is 16.4. The molecule has 0 bridgehead atoms. The zero-order chi connectivity index (χ0) is 11.0. The van der Waals surface area contributed by atoms with Gasteiger partial charge in [-0.25, -0.2) is 4.79 Å². The van der Waals surface area contributed by atoms with Crippen LogP contribution < -0.4 is 4.90 Å². The van der Waals surface area contributed by atoms with Crippen molar-refractivity contribution in [1.29, 1.82) is 0 Å². The van der Waals surface area contributed by atoms with Crippen LogP contribution >= 0.6 is 0 Å². The molecule has 0 saturated carbocycles. The average molecular weight is 211 g/mol. The van der Waals surface area contributed by atoms with Gasteiger partial charge in [0.1, 0.15) is 11.4 Å². The van der Waals surface area contributed by atoms with Crippen LogP contribution in [-0.2, 0) is 7.05 Å². The van der Waals surface area contributed by atoms with Gasteiger partial charge in [0.25, 0.3) is 0 Å². The Bertz CT molecular complexity index is 388. The van der Waals surface area contributed by atoms with E-state index in [9.17, 15) is 9.90 Å². The van der Waals surface area contributed by atoms with Crippen LogP contribution in [0.15, 0.2) is 6.20 Å². The highest BCUT2D eigenvalue weighted by Crippen LogP contribution is 2.23. The van der Waals surface area contributed by atoms with Gasteiger partial charge >= 0.3 is 5.97 Å². The number of aromatic nitrogens is 2. The van der Waals surface area contributed by atoms with Crippen molar-refractivity contribution in [3.63, 3.8) is 0 Å². The van der Waals surface area contributed by atoms with Crippen LogP contribution in [0.2, 0.25) is 0 Å². The Kier molecular flexibility index (Phi) is 2.36. The summed E-state index contributed by atoms with van der Waals surface area (Å²) in [5.41, 5.74) is 0.187. The molecule has 0 amide bonds. The number of carboxylic acids is 1. The van der Waals surface area contributed by atoms with E-state index in [-0.39, 0.29) is 11.7 Å². The summed E-state index contributed by atoms with van der Waals surface area (Å²) in [5.74, 6) is -0.418. The van der Waals surface area contributed by atoms with Crippen molar-refractivity contribution in [1.82, 2.24) is 9.78 Å². The quantitative estimate of drug-likeness (QED) is 0.701. The number of carboxylic acid groups (broad SMARTS) is 1. The molecule has 1 aromatic heterocycles. The summed E-state index contributed by atoms with van der Waals surface area (Å²) in [6.45, 7) is 1.14. The van der Waals surface area contributed by atoms with Gasteiger partial charge in [-0.1, -0.05) is 0 Å². The molecular formula is C9H13N3O3. The van der Waals surface area contributed by atoms with Gasteiger partial charge in [0.15, 0.2) is 0 Å². The second kappa shape index (κ2) is 3.54. The molecular weight excluding hydrogens is 198 g/mol. The summed E-state index contributed by atoms with van der Waals surface area (Å²) < 4.78 is 1.53. The van der Waals surface area contributed by atoms with E-state index < -0.39 is 5.97 Å². The van der Waals surface area contributed by atoms with Crippen molar-refractivity contribution in [2.24, 2.45) is 7.05 Å². The zero-order valence-electron chi connectivity index (χ0n) is 8.42. The Hall–Kier alpha value is -1.56. The molecule has 1 aliphatic heterocycles. The Balaban J connectivity index is 2.34. The van der Waals surface area contributed by atoms with E-state index in [0.29, 0.717) is 25.3 Å². The van der Waals surface area contributed by atoms with Gasteiger partial charge < -0.3 is 15.1 Å². The molecule has 0 spiro atoms. The number of anilines is 1. The van der Waals surface area contributed by atoms with Crippen molar-refractivity contribution < 1.29 is 15.0 Å². The summed E-state index contributed by atoms with van der Waals surface area (Å²) in [6.07, 6.45) is 1.63. The average Bonchev–Trinajstić information content (AvgIpc) is 2.71. The number of hydrogen-bond acceptors (Lipinski definition) is 4. The predicted molar refractivity (Wildman–Crippen MR) is 53.0 cm³/mol. The minimum atomic E-state index is -0.987. The van der Waals surface area contributed by atoms with E-state index in [1.165, 1.54) is 10.9 Å². The number of aliphatic hydroxyl groups excluding tert-OH is 1. The number of β-amino-alcohol motifs (C(OH)–C–C–N with tert-alkyl or cyclic N) is 1. The number of hydrogen-bond donors (Lipinski definition) is 2. The highest BCUT2D eigenvalue weighted by Gasteiger charge is 2.27. The maximum atomic E-state index is 10.9. The number of aliphatic hydroxyl groups is 1. The van der Waals surface area contributed by atoms with Crippen molar-refractivity contribution in [3.05, 3.63) is 11.8 Å². The SMILES string of the molecule is Cn1ncc(C(=O)O)c1N1CC[C@@H](O)C1. The van der Waals surface area contributed by atoms with Crippen LogP contribution in [0.5, 0.6) is 0 Å². The Morgan fingerprint density at radius 2 is 2.40 bits per heavy atom. The first kappa shape index (κ1) is 9.97. The van der Waals surface area contributed by atoms with E-state index in [1.807, 2.05) is 4.90 Å². The molecule has 6 heteroatoms. The Morgan fingerprint density at radius 3 is 2.93 bits per heavy atom. The second-order valence-corrected chi connectivity index (χ2v) is 3.70. The van der Waals surface area contributed by atoms with E-state index in [0.717, 1.165) is 0 Å². The lowest BCUT2D eigenvalue weighted by atomic mass is 10.3. The van der Waals surface area contributed by atoms with Crippen molar-refractivity contribution in [3.8, 4) is 0 Å². The lowest BCUT2D eigenvalue weighted by Gasteiger charge is -2.18. The molecule has 82 valence electrons. The van der Waals surface area contributed by atoms with E-state index in [4.69, 9.17) is 5.11 Å². The fraction of sp³-hybridized carbons (Fsp3) is 0.556. The molecule has 15 heavy (non-hydrogen) atoms. The van der Waals surface area contributed by atoms with E-state index in [2.05, 4.69) is 5.10 Å². The van der Waals surface area contributed by atoms with Gasteiger partial charge in [0.05, 0.1) is 12.3 Å². The zero-order valence-corrected chi connectivity index (χ0v) is 8.42. The van der Waals surface area contributed by atoms with E-state index in [1.54, 1.807) is 7.05 Å². The number of aryl methyl sites for hydroxylation is 1. The standard InChI is InChI=1S/C9H13N3O3/c1-11-8(7(4-10-11)9(14)15)12-3-2-6(13)5-12/h4,6,13H,2-3,5H2,1H3,(H,14,15)/t6-/m1/s1. The van der Waals surface area contributed by atoms with Gasteiger partial charge in [-0.2, -0.15) is 5.10 Å². The monoisotopic (exact) mass is 211 g/mol. The van der Waals surface area contributed by atoms with Crippen LogP contribution in [0.4, 0.5) is 5.82 Å². The molecule has 2 rings (SSSR count). The fourth-order valence-electron chi connectivity index (χ4n) is 1.89. The summed E-state index contributed by atoms with van der Waals surface area (Å²) in [7, 11) is 1.70. The van der Waals surface area contributed by atoms with Gasteiger partial charge in [-0.15, -0.1) is 0 Å². The first-order chi connectivity index (χ1) is 7.09. The molecule has 1 saturated heterocycles. The number of carbonyl (C=O) groups is 1. The smallest absolute Gasteiger partial charge is 0.341 e. The molecule has 1 aliphatic rings. The lowest BCUT2D eigenvalue weighted by Crippen LogP contribution is -2.25. The fourth-order valence-corrected chi connectivity index (χ4v) is 1.89. The minimum Gasteiger partial charge on any atom is -0.477 e. The predicted octanol–water partition coefficient (Wildman–Crippen LogP) is -0.311. The van der Waals surface area contributed by atoms with Gasteiger partial charge in [0.2, 0.25) is 0 Å². The van der Waals surface area contributed by atoms with Crippen LogP contribution in [-0.4, -0.2) is 45.2 Å². The normalized spacial score (nSPS) is 20.9. The number of nitrogens with zero attached hydrogens (tertiary/aromatic N) is 3. The summed E-state index contributed by atoms with van der Waals surface area (Å²) in [5, 5.41) is 22.3. The third-order valence-electron chi connectivity index (χ3n) is 2.60. The molecule has 0 aromatic carbocycles. The van der Waals surface area contributed by atoms with Crippen LogP contribution in [0.1, 0.15) is 16.8 Å². The highest BCUT2D eigenvalue weighted by molar-refractivity contribution is 5.93. The second-order valence-electron chi connectivity index (χ2n) is 3.70. The number of rotatable bonds is 2. The first-order valence-electron chi connectivity index (χ1n) is 4.78. The molecule has 2 N–H and O–H groups in total. The van der Waals surface area contributed by atoms with Gasteiger partial charge in [-0.05, 0) is 6.42 Å². The third-order valence-corrected chi connectivity index (χ3v) is 2.60. The van der Waals surface area contributed by atoms with Crippen LogP contribution in [0, 0.1) is 0 Å². The van der Waals surface area contributed by atoms with Gasteiger partial charge in [-0.3, -0.25) is 4.68 Å². The molecule has 6 nitrogen and oxygen atoms in total. The molecule has 0 aliphatic carbocycles. The van der Waals surface area contributed by atoms with Gasteiger partial charge in [0, 0.05) is 20.1 Å². The largest absolute Gasteiger partial charge is 0.477 e. The van der Waals surface area contributed by atoms with Crippen LogP contribution in [0.25, 0.3) is 0 Å². The molecule has 1 aromatic rings. The summed E-state index contributed by atoms with van der Waals surface area (Å²) in [4.78, 5) is 12.8. The molecule has 1 fully saturated rings. The van der Waals surface area contributed by atoms with Crippen molar-refractivity contribution in [2.75, 3.05) is 18.0 Å². The maximum absolute atomic E-state index is 10.9. The maximum Gasteiger partial charge on any atom is 0.341 e. The summed E-state index contributed by atoms with van der Waals surface area (Å²) in [6, 6.07) is 0. The molecule has 0 unspecified atom stereocenters. The first-order valence-corrected chi connectivity index (χ1v) is 4.78. The number of aromatic carboxylic acids is 1. The van der Waals surface area contributed by atoms with Crippen molar-refractivity contribution >= 4 is 11.8 Å². The molecule has 2 heterocycles. The van der Waals surface area contributed by atoms with E-state index >= 15 is 0 Å². The lowest BCUT2D eigenvalue weighted by molar-refractivity contribution is 0.0697. The topological polar surface area (TPSA) is 78.6 Å². The minimum absolute atomic E-state index is 0.187. The third kappa shape index (κ3) is 1.68. The Labute approximate surface area is 86.7 Å².